The fourth-order valence-corrected chi connectivity index (χ4v) is 8.14. The van der Waals surface area contributed by atoms with Crippen molar-refractivity contribution in [3.8, 4) is 0 Å². The van der Waals surface area contributed by atoms with Crippen LogP contribution in [-0.2, 0) is 67.2 Å². The van der Waals surface area contributed by atoms with E-state index >= 15 is 0 Å². The van der Waals surface area contributed by atoms with Gasteiger partial charge in [0.05, 0.1) is 45.2 Å². The van der Waals surface area contributed by atoms with Crippen molar-refractivity contribution in [2.75, 3.05) is 13.2 Å². The van der Waals surface area contributed by atoms with Gasteiger partial charge >= 0.3 is 0 Å². The largest absolute Gasteiger partial charge is 0.394 e. The summed E-state index contributed by atoms with van der Waals surface area (Å²) in [4.78, 5) is 0. The highest BCUT2D eigenvalue weighted by Gasteiger charge is 2.56. The van der Waals surface area contributed by atoms with Crippen LogP contribution < -0.4 is 0 Å². The molecule has 0 aliphatic carbocycles. The van der Waals surface area contributed by atoms with E-state index in [0.717, 1.165) is 16.7 Å². The third-order valence-electron chi connectivity index (χ3n) is 11.9. The molecular weight excluding hydrogens is 844 g/mol. The summed E-state index contributed by atoms with van der Waals surface area (Å²) in [5.74, 6) is 0. The zero-order chi connectivity index (χ0) is 45.5. The van der Waals surface area contributed by atoms with E-state index in [1.54, 1.807) is 72.8 Å². The third kappa shape index (κ3) is 11.3. The Hall–Kier alpha value is -3.10. The van der Waals surface area contributed by atoms with E-state index in [2.05, 4.69) is 0 Å². The summed E-state index contributed by atoms with van der Waals surface area (Å²) in [6.07, 6.45) is -30.0. The van der Waals surface area contributed by atoms with Gasteiger partial charge in [-0.25, -0.2) is 0 Å². The molecule has 4 fully saturated rings. The number of rotatable bonds is 17. The first-order chi connectivity index (χ1) is 30.9. The lowest BCUT2D eigenvalue weighted by atomic mass is 9.95. The standard InChI is InChI=1S/C45H60O19/c1-23-30(48)33(51)39(55-20-25-12-6-3-7-13-25)43(58-23)63-38-36(54)42(57-22-27-16-10-5-11-17-27)61-29(19-47)37(38)62-45-41(35(53)32(50)28(18-46)60-45)64-44-40(34(52)31(49)24(2)59-44)56-21-26-14-8-4-9-15-26/h3-17,23-24,28-54H,18-22H2,1-2H3/t23?,24?,28?,29?,30-,31-,32+,33?,34?,35?,36?,37-,38?,39?,40?,41?,42-,43+,44+,45+/m1/s1. The molecule has 7 rings (SSSR count). The predicted molar refractivity (Wildman–Crippen MR) is 218 cm³/mol. The molecule has 64 heavy (non-hydrogen) atoms. The Kier molecular flexibility index (Phi) is 17.2. The van der Waals surface area contributed by atoms with Crippen LogP contribution in [0.15, 0.2) is 91.0 Å². The number of benzene rings is 3. The molecule has 3 aromatic rings. The summed E-state index contributed by atoms with van der Waals surface area (Å²) in [5, 5.41) is 100. The van der Waals surface area contributed by atoms with Gasteiger partial charge in [0.1, 0.15) is 85.5 Å². The van der Waals surface area contributed by atoms with E-state index < -0.39 is 136 Å². The van der Waals surface area contributed by atoms with E-state index in [1.165, 1.54) is 13.8 Å². The van der Waals surface area contributed by atoms with Gasteiger partial charge in [-0.2, -0.15) is 0 Å². The van der Waals surface area contributed by atoms with Crippen LogP contribution in [-0.4, -0.2) is 182 Å². The molecule has 0 aromatic heterocycles. The molecule has 19 heteroatoms. The second-order valence-electron chi connectivity index (χ2n) is 16.4. The molecule has 0 spiro atoms. The number of hydrogen-bond donors (Lipinski definition) is 9. The van der Waals surface area contributed by atoms with Gasteiger partial charge in [0.25, 0.3) is 0 Å². The van der Waals surface area contributed by atoms with Crippen molar-refractivity contribution in [1.82, 2.24) is 0 Å². The van der Waals surface area contributed by atoms with E-state index in [1.807, 2.05) is 18.2 Å². The molecular formula is C45H60O19. The Morgan fingerprint density at radius 3 is 1.20 bits per heavy atom. The van der Waals surface area contributed by atoms with Crippen molar-refractivity contribution in [2.24, 2.45) is 0 Å². The van der Waals surface area contributed by atoms with Crippen molar-refractivity contribution in [3.05, 3.63) is 108 Å². The minimum Gasteiger partial charge on any atom is -0.394 e. The maximum atomic E-state index is 12.1. The third-order valence-corrected chi connectivity index (χ3v) is 11.9. The maximum absolute atomic E-state index is 12.1. The van der Waals surface area contributed by atoms with E-state index in [9.17, 15) is 46.0 Å². The fourth-order valence-electron chi connectivity index (χ4n) is 8.14. The molecule has 20 atom stereocenters. The highest BCUT2D eigenvalue weighted by atomic mass is 16.8. The smallest absolute Gasteiger partial charge is 0.187 e. The van der Waals surface area contributed by atoms with Gasteiger partial charge in [-0.05, 0) is 30.5 Å². The number of hydrogen-bond acceptors (Lipinski definition) is 19. The Balaban J connectivity index is 1.19. The minimum absolute atomic E-state index is 0.0352. The van der Waals surface area contributed by atoms with Crippen LogP contribution >= 0.6 is 0 Å². The molecule has 4 aliphatic heterocycles. The molecule has 0 radical (unpaired) electrons. The van der Waals surface area contributed by atoms with Crippen molar-refractivity contribution in [2.45, 2.75) is 156 Å². The lowest BCUT2D eigenvalue weighted by Crippen LogP contribution is -2.68. The zero-order valence-corrected chi connectivity index (χ0v) is 35.4. The molecule has 4 aliphatic rings. The molecule has 4 heterocycles. The Labute approximate surface area is 370 Å². The van der Waals surface area contributed by atoms with Crippen LogP contribution in [0.2, 0.25) is 0 Å². The Morgan fingerprint density at radius 1 is 0.375 bits per heavy atom. The van der Waals surface area contributed by atoms with Gasteiger partial charge in [-0.15, -0.1) is 0 Å². The summed E-state index contributed by atoms with van der Waals surface area (Å²) >= 11 is 0. The van der Waals surface area contributed by atoms with Crippen LogP contribution in [0.3, 0.4) is 0 Å². The molecule has 19 nitrogen and oxygen atoms in total. The van der Waals surface area contributed by atoms with Crippen LogP contribution in [0.5, 0.6) is 0 Å². The molecule has 12 unspecified atom stereocenters. The summed E-state index contributed by atoms with van der Waals surface area (Å²) in [6, 6.07) is 27.0. The first kappa shape index (κ1) is 48.8. The van der Waals surface area contributed by atoms with Gasteiger partial charge < -0.3 is 93.3 Å². The monoisotopic (exact) mass is 904 g/mol. The number of aliphatic hydroxyl groups is 9. The van der Waals surface area contributed by atoms with Crippen molar-refractivity contribution < 1.29 is 93.3 Å². The minimum atomic E-state index is -1.87. The maximum Gasteiger partial charge on any atom is 0.187 e. The van der Waals surface area contributed by atoms with Crippen LogP contribution in [0, 0.1) is 0 Å². The SMILES string of the molecule is CC1O[C@@H](OC2C(O)[C@@H](O)C(CO)O[C@H]2O[C@@H]2C(CO)O[C@@H](OCc3ccccc3)C(O)C2O[C@@H]2OC(C)[C@@H](O)C(O)C2OCc2ccccc2)C(OCc2ccccc2)C(O)[C@@H]1O. The van der Waals surface area contributed by atoms with Crippen molar-refractivity contribution in [3.63, 3.8) is 0 Å². The van der Waals surface area contributed by atoms with Crippen molar-refractivity contribution >= 4 is 0 Å². The molecule has 0 amide bonds. The Morgan fingerprint density at radius 2 is 0.750 bits per heavy atom. The topological polar surface area (TPSA) is 274 Å². The second kappa shape index (κ2) is 22.6. The quantitative estimate of drug-likeness (QED) is 0.0784. The van der Waals surface area contributed by atoms with Crippen LogP contribution in [0.1, 0.15) is 30.5 Å². The molecule has 354 valence electrons. The summed E-state index contributed by atoms with van der Waals surface area (Å²) in [5.41, 5.74) is 2.18. The molecule has 4 saturated heterocycles. The predicted octanol–water partition coefficient (Wildman–Crippen LogP) is -1.02. The van der Waals surface area contributed by atoms with Gasteiger partial charge in [-0.1, -0.05) is 91.0 Å². The zero-order valence-electron chi connectivity index (χ0n) is 35.4. The second-order valence-corrected chi connectivity index (χ2v) is 16.4. The van der Waals surface area contributed by atoms with Gasteiger partial charge in [0.2, 0.25) is 0 Å². The molecule has 9 N–H and O–H groups in total. The van der Waals surface area contributed by atoms with Gasteiger partial charge in [0.15, 0.2) is 25.2 Å². The lowest BCUT2D eigenvalue weighted by molar-refractivity contribution is -0.402. The normalized spacial score (nSPS) is 40.5. The highest BCUT2D eigenvalue weighted by molar-refractivity contribution is 5.15. The average molecular weight is 905 g/mol. The van der Waals surface area contributed by atoms with Gasteiger partial charge in [0, 0.05) is 0 Å². The highest BCUT2D eigenvalue weighted by Crippen LogP contribution is 2.37. The van der Waals surface area contributed by atoms with Gasteiger partial charge in [-0.3, -0.25) is 0 Å². The van der Waals surface area contributed by atoms with E-state index in [4.69, 9.17) is 47.4 Å². The molecule has 0 saturated carbocycles. The van der Waals surface area contributed by atoms with Crippen LogP contribution in [0.25, 0.3) is 0 Å². The Bertz CT molecular complexity index is 1820. The van der Waals surface area contributed by atoms with E-state index in [-0.39, 0.29) is 19.8 Å². The molecule has 0 bridgehead atoms. The average Bonchev–Trinajstić information content (AvgIpc) is 3.31. The summed E-state index contributed by atoms with van der Waals surface area (Å²) in [6.45, 7) is 1.31. The first-order valence-electron chi connectivity index (χ1n) is 21.4. The lowest BCUT2D eigenvalue weighted by Gasteiger charge is -2.50. The number of ether oxygens (including phenoxy) is 10. The summed E-state index contributed by atoms with van der Waals surface area (Å²) < 4.78 is 61.6. The van der Waals surface area contributed by atoms with Crippen LogP contribution in [0.4, 0.5) is 0 Å². The van der Waals surface area contributed by atoms with Crippen molar-refractivity contribution in [1.29, 1.82) is 0 Å². The molecule has 3 aromatic carbocycles. The first-order valence-corrected chi connectivity index (χ1v) is 21.4. The summed E-state index contributed by atoms with van der Waals surface area (Å²) in [7, 11) is 0. The fraction of sp³-hybridized carbons (Fsp3) is 0.600. The van der Waals surface area contributed by atoms with E-state index in [0.29, 0.717) is 0 Å². The number of aliphatic hydroxyl groups excluding tert-OH is 9.